The lowest BCUT2D eigenvalue weighted by molar-refractivity contribution is 0.0711. The Hall–Kier alpha value is -2.06. The molecule has 6 nitrogen and oxygen atoms in total. The molecule has 1 atom stereocenters. The second-order valence-corrected chi connectivity index (χ2v) is 8.27. The first-order chi connectivity index (χ1) is 12.1. The molecule has 0 spiro atoms. The summed E-state index contributed by atoms with van der Waals surface area (Å²) in [7, 11) is 1.87. The average molecular weight is 374 g/mol. The second-order valence-electron chi connectivity index (χ2n) is 6.35. The Morgan fingerprint density at radius 1 is 1.36 bits per heavy atom. The Morgan fingerprint density at radius 2 is 2.24 bits per heavy atom. The quantitative estimate of drug-likeness (QED) is 0.706. The van der Waals surface area contributed by atoms with E-state index in [-0.39, 0.29) is 5.91 Å². The minimum absolute atomic E-state index is 0.0746. The molecule has 3 aromatic heterocycles. The predicted octanol–water partition coefficient (Wildman–Crippen LogP) is 3.33. The van der Waals surface area contributed by atoms with E-state index in [1.54, 1.807) is 28.4 Å². The van der Waals surface area contributed by atoms with Crippen molar-refractivity contribution >= 4 is 28.6 Å². The van der Waals surface area contributed by atoms with E-state index < -0.39 is 0 Å². The topological polar surface area (TPSA) is 63.9 Å². The Labute approximate surface area is 154 Å². The number of rotatable bonds is 3. The number of aryl methyl sites for hydroxylation is 2. The molecular weight excluding hydrogens is 354 g/mol. The molecule has 1 aliphatic rings. The van der Waals surface area contributed by atoms with Gasteiger partial charge in [0.2, 0.25) is 0 Å². The molecule has 25 heavy (non-hydrogen) atoms. The van der Waals surface area contributed by atoms with Crippen LogP contribution in [0.1, 0.15) is 39.1 Å². The van der Waals surface area contributed by atoms with Crippen LogP contribution in [-0.2, 0) is 7.05 Å². The molecule has 0 bridgehead atoms. The molecule has 1 amide bonds. The minimum Gasteiger partial charge on any atom is -0.337 e. The zero-order valence-electron chi connectivity index (χ0n) is 14.2. The molecule has 0 aromatic carbocycles. The summed E-state index contributed by atoms with van der Waals surface area (Å²) in [6, 6.07) is 0. The van der Waals surface area contributed by atoms with Crippen molar-refractivity contribution in [2.45, 2.75) is 25.7 Å². The normalized spacial score (nSPS) is 17.8. The minimum atomic E-state index is 0.0746. The molecule has 3 aromatic rings. The van der Waals surface area contributed by atoms with Gasteiger partial charge in [-0.1, -0.05) is 0 Å². The van der Waals surface area contributed by atoms with E-state index in [0.717, 1.165) is 47.2 Å². The monoisotopic (exact) mass is 373 g/mol. The van der Waals surface area contributed by atoms with E-state index >= 15 is 0 Å². The zero-order chi connectivity index (χ0) is 17.4. The summed E-state index contributed by atoms with van der Waals surface area (Å²) in [4.78, 5) is 24.5. The van der Waals surface area contributed by atoms with Crippen LogP contribution in [0.5, 0.6) is 0 Å². The van der Waals surface area contributed by atoms with E-state index in [9.17, 15) is 4.79 Å². The van der Waals surface area contributed by atoms with E-state index in [1.807, 2.05) is 25.1 Å². The molecular formula is C17H19N5OS2. The van der Waals surface area contributed by atoms with Gasteiger partial charge in [0, 0.05) is 48.9 Å². The van der Waals surface area contributed by atoms with Crippen molar-refractivity contribution in [2.75, 3.05) is 13.1 Å². The fraction of sp³-hybridized carbons (Fsp3) is 0.412. The number of likely N-dealkylation sites (tertiary alicyclic amines) is 1. The average Bonchev–Trinajstić information content (AvgIpc) is 3.34. The third-order valence-electron chi connectivity index (χ3n) is 4.36. The lowest BCUT2D eigenvalue weighted by Crippen LogP contribution is -2.38. The van der Waals surface area contributed by atoms with Gasteiger partial charge in [-0.2, -0.15) is 5.10 Å². The van der Waals surface area contributed by atoms with Gasteiger partial charge in [0.1, 0.15) is 9.88 Å². The van der Waals surface area contributed by atoms with Crippen molar-refractivity contribution in [3.8, 4) is 10.6 Å². The smallest absolute Gasteiger partial charge is 0.265 e. The Bertz CT molecular complexity index is 896. The summed E-state index contributed by atoms with van der Waals surface area (Å²) in [6.45, 7) is 3.56. The van der Waals surface area contributed by atoms with Gasteiger partial charge in [-0.3, -0.25) is 9.48 Å². The van der Waals surface area contributed by atoms with Crippen molar-refractivity contribution in [3.05, 3.63) is 39.5 Å². The number of thiazole rings is 2. The van der Waals surface area contributed by atoms with Crippen LogP contribution in [0.3, 0.4) is 0 Å². The molecule has 1 unspecified atom stereocenters. The molecule has 0 N–H and O–H groups in total. The molecule has 1 aliphatic heterocycles. The number of hydrogen-bond acceptors (Lipinski definition) is 6. The standard InChI is InChI=1S/C17H19N5OS2/c1-11-10-24-16(20-11)12-4-3-5-22(9-12)17(23)14-7-18-15(25-14)13-6-19-21(2)8-13/h6-8,10,12H,3-5,9H2,1-2H3. The van der Waals surface area contributed by atoms with Gasteiger partial charge in [-0.15, -0.1) is 22.7 Å². The lowest BCUT2D eigenvalue weighted by atomic mass is 9.98. The van der Waals surface area contributed by atoms with Crippen LogP contribution in [0.4, 0.5) is 0 Å². The second kappa shape index (κ2) is 6.68. The van der Waals surface area contributed by atoms with Crippen LogP contribution in [0.25, 0.3) is 10.6 Å². The summed E-state index contributed by atoms with van der Waals surface area (Å²) in [5.74, 6) is 0.424. The number of hydrogen-bond donors (Lipinski definition) is 0. The summed E-state index contributed by atoms with van der Waals surface area (Å²) >= 11 is 3.13. The molecule has 4 rings (SSSR count). The van der Waals surface area contributed by atoms with Crippen LogP contribution >= 0.6 is 22.7 Å². The highest BCUT2D eigenvalue weighted by atomic mass is 32.1. The lowest BCUT2D eigenvalue weighted by Gasteiger charge is -2.31. The highest BCUT2D eigenvalue weighted by molar-refractivity contribution is 7.16. The van der Waals surface area contributed by atoms with Gasteiger partial charge < -0.3 is 4.90 Å². The van der Waals surface area contributed by atoms with Crippen LogP contribution < -0.4 is 0 Å². The molecule has 0 aliphatic carbocycles. The molecule has 4 heterocycles. The summed E-state index contributed by atoms with van der Waals surface area (Å²) in [5.41, 5.74) is 2.01. The first-order valence-electron chi connectivity index (χ1n) is 8.26. The summed E-state index contributed by atoms with van der Waals surface area (Å²) in [5, 5.41) is 8.23. The third-order valence-corrected chi connectivity index (χ3v) is 6.52. The van der Waals surface area contributed by atoms with Crippen LogP contribution in [0.15, 0.2) is 24.0 Å². The van der Waals surface area contributed by atoms with Crippen molar-refractivity contribution in [1.29, 1.82) is 0 Å². The maximum atomic E-state index is 12.9. The van der Waals surface area contributed by atoms with Crippen LogP contribution in [0, 0.1) is 6.92 Å². The fourth-order valence-corrected chi connectivity index (χ4v) is 4.90. The maximum absolute atomic E-state index is 12.9. The van der Waals surface area contributed by atoms with E-state index in [1.165, 1.54) is 11.3 Å². The predicted molar refractivity (Wildman–Crippen MR) is 99.0 cm³/mol. The van der Waals surface area contributed by atoms with E-state index in [0.29, 0.717) is 10.8 Å². The van der Waals surface area contributed by atoms with Crippen molar-refractivity contribution < 1.29 is 4.79 Å². The zero-order valence-corrected chi connectivity index (χ0v) is 15.8. The number of aromatic nitrogens is 4. The van der Waals surface area contributed by atoms with Gasteiger partial charge in [0.05, 0.1) is 17.4 Å². The Kier molecular flexibility index (Phi) is 4.39. The first kappa shape index (κ1) is 16.4. The molecule has 8 heteroatoms. The molecule has 1 saturated heterocycles. The van der Waals surface area contributed by atoms with Gasteiger partial charge >= 0.3 is 0 Å². The van der Waals surface area contributed by atoms with Gasteiger partial charge in [-0.05, 0) is 19.8 Å². The first-order valence-corrected chi connectivity index (χ1v) is 9.96. The maximum Gasteiger partial charge on any atom is 0.265 e. The Balaban J connectivity index is 1.49. The number of carbonyl (C=O) groups is 1. The van der Waals surface area contributed by atoms with Crippen LogP contribution in [-0.4, -0.2) is 43.6 Å². The van der Waals surface area contributed by atoms with Crippen molar-refractivity contribution in [3.63, 3.8) is 0 Å². The van der Waals surface area contributed by atoms with E-state index in [2.05, 4.69) is 20.4 Å². The molecule has 1 fully saturated rings. The van der Waals surface area contributed by atoms with Crippen molar-refractivity contribution in [1.82, 2.24) is 24.6 Å². The SMILES string of the molecule is Cc1csc(C2CCCN(C(=O)c3cnc(-c4cnn(C)c4)s3)C2)n1. The third kappa shape index (κ3) is 3.36. The number of carbonyl (C=O) groups excluding carboxylic acids is 1. The van der Waals surface area contributed by atoms with Gasteiger partial charge in [-0.25, -0.2) is 9.97 Å². The molecule has 0 radical (unpaired) electrons. The highest BCUT2D eigenvalue weighted by Crippen LogP contribution is 2.31. The van der Waals surface area contributed by atoms with Crippen LogP contribution in [0.2, 0.25) is 0 Å². The van der Waals surface area contributed by atoms with E-state index in [4.69, 9.17) is 0 Å². The number of amides is 1. The Morgan fingerprint density at radius 3 is 2.96 bits per heavy atom. The highest BCUT2D eigenvalue weighted by Gasteiger charge is 2.28. The van der Waals surface area contributed by atoms with Crippen molar-refractivity contribution in [2.24, 2.45) is 7.05 Å². The van der Waals surface area contributed by atoms with Gasteiger partial charge in [0.25, 0.3) is 5.91 Å². The number of nitrogens with zero attached hydrogens (tertiary/aromatic N) is 5. The molecule has 130 valence electrons. The summed E-state index contributed by atoms with van der Waals surface area (Å²) < 4.78 is 1.74. The summed E-state index contributed by atoms with van der Waals surface area (Å²) in [6.07, 6.45) is 7.49. The molecule has 0 saturated carbocycles. The van der Waals surface area contributed by atoms with Gasteiger partial charge in [0.15, 0.2) is 0 Å². The number of piperidine rings is 1. The fourth-order valence-electron chi connectivity index (χ4n) is 3.12. The largest absolute Gasteiger partial charge is 0.337 e.